The van der Waals surface area contributed by atoms with E-state index in [2.05, 4.69) is 27.5 Å². The van der Waals surface area contributed by atoms with Gasteiger partial charge in [0.15, 0.2) is 5.69 Å². The molecule has 2 heterocycles. The molecule has 2 rings (SSSR count). The molecule has 1 unspecified atom stereocenters. The molecule has 0 aromatic carbocycles. The molecule has 1 aliphatic heterocycles. The van der Waals surface area contributed by atoms with Crippen molar-refractivity contribution in [3.8, 4) is 0 Å². The summed E-state index contributed by atoms with van der Waals surface area (Å²) < 4.78 is 5.29. The third kappa shape index (κ3) is 4.14. The van der Waals surface area contributed by atoms with E-state index in [1.54, 1.807) is 6.20 Å². The third-order valence-electron chi connectivity index (χ3n) is 3.37. The van der Waals surface area contributed by atoms with Gasteiger partial charge in [0.1, 0.15) is 5.82 Å². The molecule has 1 aliphatic rings. The smallest absolute Gasteiger partial charge is 0.272 e. The van der Waals surface area contributed by atoms with Crippen LogP contribution in [0.1, 0.15) is 55.8 Å². The van der Waals surface area contributed by atoms with Crippen LogP contribution in [0.2, 0.25) is 0 Å². The van der Waals surface area contributed by atoms with E-state index in [9.17, 15) is 4.79 Å². The van der Waals surface area contributed by atoms with E-state index in [4.69, 9.17) is 4.74 Å². The monoisotopic (exact) mass is 292 g/mol. The molecule has 0 saturated carbocycles. The van der Waals surface area contributed by atoms with Crippen molar-refractivity contribution in [1.29, 1.82) is 0 Å². The normalized spacial score (nSPS) is 18.0. The highest BCUT2D eigenvalue weighted by Crippen LogP contribution is 2.17. The number of nitrogens with one attached hydrogen (secondary N) is 2. The second kappa shape index (κ2) is 7.36. The first-order valence-electron chi connectivity index (χ1n) is 7.61. The van der Waals surface area contributed by atoms with Crippen molar-refractivity contribution in [2.75, 3.05) is 25.1 Å². The van der Waals surface area contributed by atoms with Crippen molar-refractivity contribution in [2.24, 2.45) is 0 Å². The summed E-state index contributed by atoms with van der Waals surface area (Å²) in [7, 11) is 0. The molecule has 1 fully saturated rings. The van der Waals surface area contributed by atoms with E-state index >= 15 is 0 Å². The van der Waals surface area contributed by atoms with Crippen molar-refractivity contribution in [3.63, 3.8) is 0 Å². The fraction of sp³-hybridized carbons (Fsp3) is 0.667. The Morgan fingerprint density at radius 2 is 2.33 bits per heavy atom. The van der Waals surface area contributed by atoms with Crippen molar-refractivity contribution >= 4 is 11.6 Å². The molecule has 6 heteroatoms. The van der Waals surface area contributed by atoms with Gasteiger partial charge in [-0.3, -0.25) is 4.79 Å². The Morgan fingerprint density at radius 3 is 2.95 bits per heavy atom. The molecular weight excluding hydrogens is 268 g/mol. The van der Waals surface area contributed by atoms with Gasteiger partial charge in [-0.25, -0.2) is 9.97 Å². The first kappa shape index (κ1) is 15.7. The number of carbonyl (C=O) groups is 1. The highest BCUT2D eigenvalue weighted by Gasteiger charge is 2.22. The highest BCUT2D eigenvalue weighted by molar-refractivity contribution is 5.97. The Morgan fingerprint density at radius 1 is 1.52 bits per heavy atom. The van der Waals surface area contributed by atoms with Gasteiger partial charge in [0.05, 0.1) is 24.5 Å². The number of hydrogen-bond donors (Lipinski definition) is 2. The van der Waals surface area contributed by atoms with E-state index in [0.29, 0.717) is 30.4 Å². The zero-order chi connectivity index (χ0) is 15.2. The molecule has 0 radical (unpaired) electrons. The minimum Gasteiger partial charge on any atom is -0.382 e. The molecule has 6 nitrogen and oxygen atoms in total. The molecular formula is C15H24N4O2. The summed E-state index contributed by atoms with van der Waals surface area (Å²) in [4.78, 5) is 21.2. The number of hydrogen-bond acceptors (Lipinski definition) is 5. The molecule has 1 aromatic heterocycles. The van der Waals surface area contributed by atoms with Crippen LogP contribution in [-0.2, 0) is 4.74 Å². The van der Waals surface area contributed by atoms with Gasteiger partial charge in [-0.05, 0) is 12.8 Å². The quantitative estimate of drug-likeness (QED) is 0.838. The predicted molar refractivity (Wildman–Crippen MR) is 81.6 cm³/mol. The summed E-state index contributed by atoms with van der Waals surface area (Å²) in [5.74, 6) is 0.713. The lowest BCUT2D eigenvalue weighted by molar-refractivity contribution is 0.0925. The van der Waals surface area contributed by atoms with Gasteiger partial charge >= 0.3 is 0 Å². The number of amides is 1. The number of aromatic nitrogens is 2. The zero-order valence-electron chi connectivity index (χ0n) is 13.0. The van der Waals surface area contributed by atoms with E-state index in [1.807, 2.05) is 13.8 Å². The lowest BCUT2D eigenvalue weighted by Gasteiger charge is -2.15. The summed E-state index contributed by atoms with van der Waals surface area (Å²) in [6, 6.07) is 0.0778. The highest BCUT2D eigenvalue weighted by atomic mass is 16.5. The summed E-state index contributed by atoms with van der Waals surface area (Å²) >= 11 is 0. The summed E-state index contributed by atoms with van der Waals surface area (Å²) in [5, 5.41) is 6.20. The minimum atomic E-state index is -0.159. The van der Waals surface area contributed by atoms with Crippen LogP contribution in [0.25, 0.3) is 0 Å². The fourth-order valence-corrected chi connectivity index (χ4v) is 2.14. The maximum atomic E-state index is 12.5. The van der Waals surface area contributed by atoms with Crippen molar-refractivity contribution < 1.29 is 9.53 Å². The number of carbonyl (C=O) groups excluding carboxylic acids is 1. The van der Waals surface area contributed by atoms with E-state index in [0.717, 1.165) is 19.4 Å². The first-order valence-corrected chi connectivity index (χ1v) is 7.61. The number of anilines is 1. The van der Waals surface area contributed by atoms with E-state index in [1.165, 1.54) is 0 Å². The Labute approximate surface area is 125 Å². The SMILES string of the molecule is CCCNc1cnc(C(C)C)nc1C(=O)NC1CCOC1. The maximum Gasteiger partial charge on any atom is 0.272 e. The Kier molecular flexibility index (Phi) is 5.50. The van der Waals surface area contributed by atoms with Crippen LogP contribution >= 0.6 is 0 Å². The molecule has 21 heavy (non-hydrogen) atoms. The van der Waals surface area contributed by atoms with E-state index < -0.39 is 0 Å². The molecule has 0 aliphatic carbocycles. The average molecular weight is 292 g/mol. The molecule has 1 aromatic rings. The van der Waals surface area contributed by atoms with Gasteiger partial charge in [-0.2, -0.15) is 0 Å². The lowest BCUT2D eigenvalue weighted by Crippen LogP contribution is -2.36. The summed E-state index contributed by atoms with van der Waals surface area (Å²) in [6.07, 6.45) is 3.53. The molecule has 1 atom stereocenters. The van der Waals surface area contributed by atoms with Crippen molar-refractivity contribution in [2.45, 2.75) is 45.6 Å². The molecule has 0 bridgehead atoms. The molecule has 1 saturated heterocycles. The summed E-state index contributed by atoms with van der Waals surface area (Å²) in [6.45, 7) is 8.17. The van der Waals surface area contributed by atoms with Crippen LogP contribution in [0, 0.1) is 0 Å². The van der Waals surface area contributed by atoms with Crippen LogP contribution in [-0.4, -0.2) is 41.7 Å². The Balaban J connectivity index is 2.19. The Bertz CT molecular complexity index is 485. The Hall–Kier alpha value is -1.69. The van der Waals surface area contributed by atoms with Crippen LogP contribution in [0.3, 0.4) is 0 Å². The van der Waals surface area contributed by atoms with Gasteiger partial charge in [0.25, 0.3) is 5.91 Å². The van der Waals surface area contributed by atoms with Crippen molar-refractivity contribution in [1.82, 2.24) is 15.3 Å². The second-order valence-corrected chi connectivity index (χ2v) is 5.61. The van der Waals surface area contributed by atoms with Gasteiger partial charge < -0.3 is 15.4 Å². The van der Waals surface area contributed by atoms with E-state index in [-0.39, 0.29) is 17.9 Å². The second-order valence-electron chi connectivity index (χ2n) is 5.61. The largest absolute Gasteiger partial charge is 0.382 e. The third-order valence-corrected chi connectivity index (χ3v) is 3.37. The van der Waals surface area contributed by atoms with Crippen molar-refractivity contribution in [3.05, 3.63) is 17.7 Å². The topological polar surface area (TPSA) is 76.1 Å². The van der Waals surface area contributed by atoms with Crippen LogP contribution < -0.4 is 10.6 Å². The van der Waals surface area contributed by atoms with Crippen LogP contribution in [0.4, 0.5) is 5.69 Å². The fourth-order valence-electron chi connectivity index (χ4n) is 2.14. The number of nitrogens with zero attached hydrogens (tertiary/aromatic N) is 2. The number of rotatable bonds is 6. The minimum absolute atomic E-state index is 0.0778. The van der Waals surface area contributed by atoms with Gasteiger partial charge in [-0.15, -0.1) is 0 Å². The average Bonchev–Trinajstić information content (AvgIpc) is 2.97. The standard InChI is InChI=1S/C15H24N4O2/c1-4-6-16-12-8-17-14(10(2)3)19-13(12)15(20)18-11-5-7-21-9-11/h8,10-11,16H,4-7,9H2,1-3H3,(H,18,20). The molecule has 116 valence electrons. The molecule has 0 spiro atoms. The van der Waals surface area contributed by atoms with Crippen LogP contribution in [0.15, 0.2) is 6.20 Å². The molecule has 2 N–H and O–H groups in total. The van der Waals surface area contributed by atoms with Gasteiger partial charge in [-0.1, -0.05) is 20.8 Å². The number of ether oxygens (including phenoxy) is 1. The van der Waals surface area contributed by atoms with Crippen LogP contribution in [0.5, 0.6) is 0 Å². The van der Waals surface area contributed by atoms with Gasteiger partial charge in [0.2, 0.25) is 0 Å². The zero-order valence-corrected chi connectivity index (χ0v) is 13.0. The maximum absolute atomic E-state index is 12.5. The predicted octanol–water partition coefficient (Wildman–Crippen LogP) is 1.94. The molecule has 1 amide bonds. The lowest BCUT2D eigenvalue weighted by atomic mass is 10.2. The van der Waals surface area contributed by atoms with Gasteiger partial charge in [0, 0.05) is 19.1 Å². The first-order chi connectivity index (χ1) is 10.1. The summed E-state index contributed by atoms with van der Waals surface area (Å²) in [5.41, 5.74) is 1.12.